The molecule has 1 saturated heterocycles. The molecule has 2 atom stereocenters. The van der Waals surface area contributed by atoms with E-state index in [9.17, 15) is 15.0 Å². The highest BCUT2D eigenvalue weighted by Gasteiger charge is 2.30. The number of β-amino-alcohol motifs (C(OH)–C–C–N with tert-alkyl or cyclic N) is 2. The second-order valence-corrected chi connectivity index (χ2v) is 4.05. The van der Waals surface area contributed by atoms with Crippen molar-refractivity contribution >= 4 is 5.91 Å². The minimum absolute atomic E-state index is 0.0682. The van der Waals surface area contributed by atoms with E-state index in [1.807, 2.05) is 13.8 Å². The van der Waals surface area contributed by atoms with Crippen LogP contribution in [-0.2, 0) is 4.79 Å². The Labute approximate surface area is 83.7 Å². The summed E-state index contributed by atoms with van der Waals surface area (Å²) in [6.45, 7) is 4.77. The van der Waals surface area contributed by atoms with Crippen LogP contribution < -0.4 is 5.32 Å². The molecular weight excluding hydrogens is 184 g/mol. The van der Waals surface area contributed by atoms with Gasteiger partial charge < -0.3 is 15.5 Å². The summed E-state index contributed by atoms with van der Waals surface area (Å²) in [7, 11) is 0. The van der Waals surface area contributed by atoms with Crippen molar-refractivity contribution in [2.24, 2.45) is 0 Å². The first-order chi connectivity index (χ1) is 6.49. The van der Waals surface area contributed by atoms with Crippen LogP contribution in [0.5, 0.6) is 0 Å². The maximum atomic E-state index is 11.3. The van der Waals surface area contributed by atoms with Crippen molar-refractivity contribution in [2.45, 2.75) is 32.1 Å². The van der Waals surface area contributed by atoms with Gasteiger partial charge in [0.25, 0.3) is 0 Å². The summed E-state index contributed by atoms with van der Waals surface area (Å²) in [5.41, 5.74) is 0. The zero-order chi connectivity index (χ0) is 10.7. The Morgan fingerprint density at radius 2 is 1.93 bits per heavy atom. The predicted molar refractivity (Wildman–Crippen MR) is 51.7 cm³/mol. The lowest BCUT2D eigenvalue weighted by molar-refractivity contribution is -0.122. The van der Waals surface area contributed by atoms with E-state index in [0.717, 1.165) is 0 Å². The first kappa shape index (κ1) is 11.4. The molecule has 1 fully saturated rings. The van der Waals surface area contributed by atoms with Crippen molar-refractivity contribution in [3.8, 4) is 0 Å². The molecule has 5 nitrogen and oxygen atoms in total. The number of aliphatic hydroxyl groups is 2. The van der Waals surface area contributed by atoms with E-state index in [1.54, 1.807) is 4.90 Å². The van der Waals surface area contributed by atoms with Crippen LogP contribution in [0.4, 0.5) is 0 Å². The van der Waals surface area contributed by atoms with Crippen LogP contribution in [0, 0.1) is 0 Å². The van der Waals surface area contributed by atoms with Crippen LogP contribution in [0.2, 0.25) is 0 Å². The second-order valence-electron chi connectivity index (χ2n) is 4.05. The maximum Gasteiger partial charge on any atom is 0.234 e. The summed E-state index contributed by atoms with van der Waals surface area (Å²) in [6, 6.07) is 0.125. The number of nitrogens with one attached hydrogen (secondary N) is 1. The monoisotopic (exact) mass is 202 g/mol. The fourth-order valence-electron chi connectivity index (χ4n) is 1.55. The normalized spacial score (nSPS) is 28.4. The minimum Gasteiger partial charge on any atom is -0.389 e. The average molecular weight is 202 g/mol. The molecule has 0 spiro atoms. The largest absolute Gasteiger partial charge is 0.389 e. The van der Waals surface area contributed by atoms with Crippen molar-refractivity contribution in [1.82, 2.24) is 10.2 Å². The zero-order valence-electron chi connectivity index (χ0n) is 8.60. The third-order valence-corrected chi connectivity index (χ3v) is 2.15. The molecule has 0 unspecified atom stereocenters. The Hall–Kier alpha value is -0.650. The van der Waals surface area contributed by atoms with Gasteiger partial charge in [-0.3, -0.25) is 9.69 Å². The molecule has 1 aliphatic heterocycles. The molecule has 5 heteroatoms. The highest BCUT2D eigenvalue weighted by atomic mass is 16.3. The van der Waals surface area contributed by atoms with Crippen LogP contribution >= 0.6 is 0 Å². The molecule has 1 amide bonds. The summed E-state index contributed by atoms with van der Waals surface area (Å²) < 4.78 is 0. The molecule has 82 valence electrons. The van der Waals surface area contributed by atoms with Gasteiger partial charge in [0.1, 0.15) is 0 Å². The van der Waals surface area contributed by atoms with Gasteiger partial charge in [-0.25, -0.2) is 0 Å². The molecule has 1 aliphatic rings. The topological polar surface area (TPSA) is 72.8 Å². The Bertz CT molecular complexity index is 198. The lowest BCUT2D eigenvalue weighted by Gasteiger charge is -2.15. The summed E-state index contributed by atoms with van der Waals surface area (Å²) in [5.74, 6) is -0.0682. The molecule has 1 heterocycles. The third kappa shape index (κ3) is 3.25. The van der Waals surface area contributed by atoms with Gasteiger partial charge in [0.05, 0.1) is 18.8 Å². The lowest BCUT2D eigenvalue weighted by atomic mass is 10.3. The Morgan fingerprint density at radius 3 is 2.36 bits per heavy atom. The van der Waals surface area contributed by atoms with E-state index in [2.05, 4.69) is 5.32 Å². The fraction of sp³-hybridized carbons (Fsp3) is 0.889. The molecular formula is C9H18N2O3. The number of aliphatic hydroxyl groups excluding tert-OH is 2. The standard InChI is InChI=1S/C9H18N2O3/c1-6(2)10-9(14)5-11-3-7(12)8(13)4-11/h6-8,12-13H,3-5H2,1-2H3,(H,10,14)/t7-,8+. The Morgan fingerprint density at radius 1 is 1.43 bits per heavy atom. The number of nitrogens with zero attached hydrogens (tertiary/aromatic N) is 1. The average Bonchev–Trinajstić information content (AvgIpc) is 2.28. The van der Waals surface area contributed by atoms with E-state index in [0.29, 0.717) is 13.1 Å². The summed E-state index contributed by atoms with van der Waals surface area (Å²) in [5, 5.41) is 21.2. The molecule has 1 rings (SSSR count). The number of likely N-dealkylation sites (tertiary alicyclic amines) is 1. The lowest BCUT2D eigenvalue weighted by Crippen LogP contribution is -2.39. The van der Waals surface area contributed by atoms with Crippen molar-refractivity contribution in [2.75, 3.05) is 19.6 Å². The molecule has 0 bridgehead atoms. The molecule has 0 aliphatic carbocycles. The minimum atomic E-state index is -0.721. The number of carbonyl (C=O) groups is 1. The summed E-state index contributed by atoms with van der Waals surface area (Å²) in [6.07, 6.45) is -1.44. The van der Waals surface area contributed by atoms with Crippen LogP contribution in [-0.4, -0.2) is 58.9 Å². The van der Waals surface area contributed by atoms with Crippen LogP contribution in [0.3, 0.4) is 0 Å². The summed E-state index contributed by atoms with van der Waals surface area (Å²) in [4.78, 5) is 13.0. The van der Waals surface area contributed by atoms with Gasteiger partial charge in [-0.15, -0.1) is 0 Å². The Balaban J connectivity index is 2.28. The number of carbonyl (C=O) groups excluding carboxylic acids is 1. The number of hydrogen-bond donors (Lipinski definition) is 3. The number of hydrogen-bond acceptors (Lipinski definition) is 4. The van der Waals surface area contributed by atoms with Crippen molar-refractivity contribution in [3.63, 3.8) is 0 Å². The van der Waals surface area contributed by atoms with Crippen molar-refractivity contribution in [1.29, 1.82) is 0 Å². The Kier molecular flexibility index (Phi) is 3.86. The van der Waals surface area contributed by atoms with Gasteiger partial charge in [0.15, 0.2) is 0 Å². The second kappa shape index (κ2) is 4.72. The molecule has 14 heavy (non-hydrogen) atoms. The van der Waals surface area contributed by atoms with Gasteiger partial charge in [-0.05, 0) is 13.8 Å². The molecule has 0 aromatic heterocycles. The van der Waals surface area contributed by atoms with E-state index in [4.69, 9.17) is 0 Å². The van der Waals surface area contributed by atoms with Gasteiger partial charge in [0, 0.05) is 19.1 Å². The predicted octanol–water partition coefficient (Wildman–Crippen LogP) is -1.45. The van der Waals surface area contributed by atoms with Gasteiger partial charge in [0.2, 0.25) is 5.91 Å². The fourth-order valence-corrected chi connectivity index (χ4v) is 1.55. The zero-order valence-corrected chi connectivity index (χ0v) is 8.60. The molecule has 0 aromatic carbocycles. The summed E-state index contributed by atoms with van der Waals surface area (Å²) >= 11 is 0. The molecule has 0 aromatic rings. The quantitative estimate of drug-likeness (QED) is 0.523. The van der Waals surface area contributed by atoms with E-state index < -0.39 is 12.2 Å². The van der Waals surface area contributed by atoms with Crippen LogP contribution in [0.25, 0.3) is 0 Å². The number of rotatable bonds is 3. The smallest absolute Gasteiger partial charge is 0.234 e. The highest BCUT2D eigenvalue weighted by Crippen LogP contribution is 2.08. The van der Waals surface area contributed by atoms with E-state index in [1.165, 1.54) is 0 Å². The van der Waals surface area contributed by atoms with E-state index >= 15 is 0 Å². The first-order valence-electron chi connectivity index (χ1n) is 4.87. The maximum absolute atomic E-state index is 11.3. The molecule has 3 N–H and O–H groups in total. The van der Waals surface area contributed by atoms with Crippen molar-refractivity contribution in [3.05, 3.63) is 0 Å². The molecule has 0 radical (unpaired) electrons. The van der Waals surface area contributed by atoms with Crippen LogP contribution in [0.1, 0.15) is 13.8 Å². The van der Waals surface area contributed by atoms with Gasteiger partial charge >= 0.3 is 0 Å². The highest BCUT2D eigenvalue weighted by molar-refractivity contribution is 5.78. The van der Waals surface area contributed by atoms with Crippen LogP contribution in [0.15, 0.2) is 0 Å². The molecule has 0 saturated carbocycles. The number of amides is 1. The first-order valence-corrected chi connectivity index (χ1v) is 4.87. The third-order valence-electron chi connectivity index (χ3n) is 2.15. The van der Waals surface area contributed by atoms with Crippen molar-refractivity contribution < 1.29 is 15.0 Å². The van der Waals surface area contributed by atoms with Gasteiger partial charge in [-0.1, -0.05) is 0 Å². The van der Waals surface area contributed by atoms with E-state index in [-0.39, 0.29) is 18.5 Å². The SMILES string of the molecule is CC(C)NC(=O)CN1C[C@@H](O)[C@@H](O)C1. The van der Waals surface area contributed by atoms with Gasteiger partial charge in [-0.2, -0.15) is 0 Å².